The Bertz CT molecular complexity index is 800. The van der Waals surface area contributed by atoms with Crippen molar-refractivity contribution in [3.8, 4) is 0 Å². The van der Waals surface area contributed by atoms with Crippen molar-refractivity contribution < 1.29 is 18.3 Å². The molecule has 0 aliphatic heterocycles. The fourth-order valence-corrected chi connectivity index (χ4v) is 2.34. The van der Waals surface area contributed by atoms with Gasteiger partial charge in [-0.15, -0.1) is 0 Å². The molecule has 1 N–H and O–H groups in total. The number of fused-ring (bicyclic) bond motifs is 1. The highest BCUT2D eigenvalue weighted by atomic mass is 19.2. The molecule has 0 radical (unpaired) electrons. The minimum absolute atomic E-state index is 0.0752. The quantitative estimate of drug-likeness (QED) is 0.882. The van der Waals surface area contributed by atoms with Crippen LogP contribution in [0.1, 0.15) is 24.2 Å². The second-order valence-corrected chi connectivity index (χ2v) is 4.57. The van der Waals surface area contributed by atoms with Crippen molar-refractivity contribution in [2.75, 3.05) is 19.0 Å². The van der Waals surface area contributed by atoms with Gasteiger partial charge >= 0.3 is 5.97 Å². The molecular weight excluding hydrogens is 294 g/mol. The van der Waals surface area contributed by atoms with Crippen LogP contribution < -0.4 is 10.7 Å². The Hall–Kier alpha value is -2.44. The number of rotatable bonds is 4. The summed E-state index contributed by atoms with van der Waals surface area (Å²) in [6.45, 7) is 3.86. The maximum Gasteiger partial charge on any atom is 0.343 e. The number of carbonyl (C=O) groups excluding carboxylic acids is 1. The lowest BCUT2D eigenvalue weighted by molar-refractivity contribution is 0.0524. The predicted octanol–water partition coefficient (Wildman–Crippen LogP) is 2.52. The second-order valence-electron chi connectivity index (χ2n) is 4.57. The van der Waals surface area contributed by atoms with E-state index in [9.17, 15) is 18.4 Å². The van der Waals surface area contributed by atoms with E-state index in [4.69, 9.17) is 4.74 Å². The third-order valence-corrected chi connectivity index (χ3v) is 3.35. The molecule has 0 aliphatic rings. The summed E-state index contributed by atoms with van der Waals surface area (Å²) in [4.78, 5) is 24.4. The third-order valence-electron chi connectivity index (χ3n) is 3.35. The van der Waals surface area contributed by atoms with Crippen molar-refractivity contribution in [1.29, 1.82) is 0 Å². The highest BCUT2D eigenvalue weighted by molar-refractivity contribution is 5.98. The van der Waals surface area contributed by atoms with Crippen molar-refractivity contribution in [2.24, 2.45) is 0 Å². The standard InChI is InChI=1S/C15H16F2N2O3/c1-4-19-7-8(15(21)22-5-2)14(20)11-10(19)6-9(16)12(17)13(11)18-3/h6-7,18H,4-5H2,1-3H3. The van der Waals surface area contributed by atoms with Gasteiger partial charge in [0, 0.05) is 25.9 Å². The summed E-state index contributed by atoms with van der Waals surface area (Å²) in [6.07, 6.45) is 1.31. The number of hydrogen-bond acceptors (Lipinski definition) is 4. The first-order chi connectivity index (χ1) is 10.5. The molecule has 0 unspecified atom stereocenters. The molecule has 1 aromatic heterocycles. The Morgan fingerprint density at radius 2 is 2.05 bits per heavy atom. The van der Waals surface area contributed by atoms with E-state index in [-0.39, 0.29) is 28.8 Å². The van der Waals surface area contributed by atoms with E-state index in [1.165, 1.54) is 17.8 Å². The Balaban J connectivity index is 2.95. The van der Waals surface area contributed by atoms with Crippen LogP contribution >= 0.6 is 0 Å². The van der Waals surface area contributed by atoms with Gasteiger partial charge in [-0.2, -0.15) is 0 Å². The van der Waals surface area contributed by atoms with E-state index in [0.29, 0.717) is 6.54 Å². The van der Waals surface area contributed by atoms with E-state index in [0.717, 1.165) is 6.07 Å². The Kier molecular flexibility index (Phi) is 4.44. The van der Waals surface area contributed by atoms with Crippen LogP contribution in [0.4, 0.5) is 14.5 Å². The Morgan fingerprint density at radius 1 is 1.36 bits per heavy atom. The number of hydrogen-bond donors (Lipinski definition) is 1. The van der Waals surface area contributed by atoms with E-state index in [1.807, 2.05) is 0 Å². The number of aromatic nitrogens is 1. The van der Waals surface area contributed by atoms with Gasteiger partial charge in [0.1, 0.15) is 5.56 Å². The molecule has 118 valence electrons. The van der Waals surface area contributed by atoms with Gasteiger partial charge in [-0.3, -0.25) is 4.79 Å². The minimum Gasteiger partial charge on any atom is -0.462 e. The van der Waals surface area contributed by atoms with Gasteiger partial charge in [0.25, 0.3) is 0 Å². The van der Waals surface area contributed by atoms with E-state index in [1.54, 1.807) is 13.8 Å². The smallest absolute Gasteiger partial charge is 0.343 e. The number of pyridine rings is 1. The summed E-state index contributed by atoms with van der Waals surface area (Å²) in [6, 6.07) is 0.950. The summed E-state index contributed by atoms with van der Waals surface area (Å²) in [5.41, 5.74) is -0.961. The zero-order valence-corrected chi connectivity index (χ0v) is 12.5. The minimum atomic E-state index is -1.16. The normalized spacial score (nSPS) is 10.8. The molecule has 1 aromatic carbocycles. The van der Waals surface area contributed by atoms with Crippen LogP contribution in [0.2, 0.25) is 0 Å². The predicted molar refractivity (Wildman–Crippen MR) is 79.3 cm³/mol. The van der Waals surface area contributed by atoms with Crippen molar-refractivity contribution >= 4 is 22.6 Å². The van der Waals surface area contributed by atoms with Crippen LogP contribution in [0.3, 0.4) is 0 Å². The number of halogens is 2. The zero-order chi connectivity index (χ0) is 16.4. The van der Waals surface area contributed by atoms with Crippen LogP contribution in [0, 0.1) is 11.6 Å². The number of esters is 1. The van der Waals surface area contributed by atoms with Crippen LogP contribution in [-0.2, 0) is 11.3 Å². The molecular formula is C15H16F2N2O3. The Labute approximate surface area is 125 Å². The number of benzene rings is 1. The molecule has 0 aliphatic carbocycles. The number of ether oxygens (including phenoxy) is 1. The van der Waals surface area contributed by atoms with Crippen LogP contribution in [0.5, 0.6) is 0 Å². The van der Waals surface area contributed by atoms with Crippen molar-refractivity contribution in [2.45, 2.75) is 20.4 Å². The summed E-state index contributed by atoms with van der Waals surface area (Å²) < 4.78 is 34.0. The zero-order valence-electron chi connectivity index (χ0n) is 12.5. The Morgan fingerprint density at radius 3 is 2.59 bits per heavy atom. The number of anilines is 1. The van der Waals surface area contributed by atoms with Crippen molar-refractivity contribution in [3.63, 3.8) is 0 Å². The van der Waals surface area contributed by atoms with Gasteiger partial charge in [0.05, 0.1) is 23.2 Å². The first-order valence-corrected chi connectivity index (χ1v) is 6.86. The summed E-state index contributed by atoms with van der Waals surface area (Å²) in [5.74, 6) is -3.01. The molecule has 2 aromatic rings. The van der Waals surface area contributed by atoms with Crippen molar-refractivity contribution in [1.82, 2.24) is 4.57 Å². The molecule has 0 amide bonds. The number of nitrogens with one attached hydrogen (secondary N) is 1. The number of carbonyl (C=O) groups is 1. The van der Waals surface area contributed by atoms with Gasteiger partial charge in [-0.05, 0) is 13.8 Å². The van der Waals surface area contributed by atoms with Gasteiger partial charge in [-0.25, -0.2) is 13.6 Å². The second kappa shape index (κ2) is 6.13. The molecule has 0 saturated carbocycles. The highest BCUT2D eigenvalue weighted by Crippen LogP contribution is 2.27. The van der Waals surface area contributed by atoms with Crippen molar-refractivity contribution in [3.05, 3.63) is 39.7 Å². The van der Waals surface area contributed by atoms with Crippen LogP contribution in [0.15, 0.2) is 17.1 Å². The lowest BCUT2D eigenvalue weighted by atomic mass is 10.1. The molecule has 0 saturated heterocycles. The summed E-state index contributed by atoms with van der Waals surface area (Å²) in [5, 5.41) is 2.41. The van der Waals surface area contributed by atoms with E-state index >= 15 is 0 Å². The lowest BCUT2D eigenvalue weighted by Gasteiger charge is -2.14. The first kappa shape index (κ1) is 15.9. The molecule has 2 rings (SSSR count). The molecule has 22 heavy (non-hydrogen) atoms. The maximum atomic E-state index is 13.9. The van der Waals surface area contributed by atoms with E-state index in [2.05, 4.69) is 5.32 Å². The van der Waals surface area contributed by atoms with Gasteiger partial charge < -0.3 is 14.6 Å². The third kappa shape index (κ3) is 2.43. The SMILES string of the molecule is CCOC(=O)c1cn(CC)c2cc(F)c(F)c(NC)c2c1=O. The number of aryl methyl sites for hydroxylation is 1. The monoisotopic (exact) mass is 310 g/mol. The highest BCUT2D eigenvalue weighted by Gasteiger charge is 2.22. The molecule has 0 bridgehead atoms. The average Bonchev–Trinajstić information content (AvgIpc) is 2.49. The molecule has 1 heterocycles. The molecule has 0 atom stereocenters. The van der Waals surface area contributed by atoms with Gasteiger partial charge in [-0.1, -0.05) is 0 Å². The lowest BCUT2D eigenvalue weighted by Crippen LogP contribution is -2.22. The molecule has 5 nitrogen and oxygen atoms in total. The fourth-order valence-electron chi connectivity index (χ4n) is 2.34. The molecule has 0 spiro atoms. The average molecular weight is 310 g/mol. The molecule has 0 fully saturated rings. The maximum absolute atomic E-state index is 13.9. The first-order valence-electron chi connectivity index (χ1n) is 6.86. The summed E-state index contributed by atoms with van der Waals surface area (Å²) >= 11 is 0. The number of nitrogens with zero attached hydrogens (tertiary/aromatic N) is 1. The van der Waals surface area contributed by atoms with Crippen LogP contribution in [0.25, 0.3) is 10.9 Å². The van der Waals surface area contributed by atoms with E-state index < -0.39 is 23.0 Å². The largest absolute Gasteiger partial charge is 0.462 e. The molecule has 7 heteroatoms. The summed E-state index contributed by atoms with van der Waals surface area (Å²) in [7, 11) is 1.38. The van der Waals surface area contributed by atoms with Gasteiger partial charge in [0.2, 0.25) is 5.43 Å². The topological polar surface area (TPSA) is 60.3 Å². The van der Waals surface area contributed by atoms with Crippen LogP contribution in [-0.4, -0.2) is 24.2 Å². The fraction of sp³-hybridized carbons (Fsp3) is 0.333. The van der Waals surface area contributed by atoms with Gasteiger partial charge in [0.15, 0.2) is 11.6 Å².